The summed E-state index contributed by atoms with van der Waals surface area (Å²) >= 11 is 0.885. The SMILES string of the molecule is C/C(=C1\SC(=O)NC1=O)c1cccc(OCCCOc2c(-c3ccc(F)cc3)n(C)c3ccccc3c2=O)c1. The van der Waals surface area contributed by atoms with Crippen molar-refractivity contribution in [3.05, 3.63) is 99.3 Å². The molecule has 0 bridgehead atoms. The summed E-state index contributed by atoms with van der Waals surface area (Å²) < 4.78 is 27.4. The maximum Gasteiger partial charge on any atom is 0.290 e. The number of pyridine rings is 1. The zero-order chi connectivity index (χ0) is 27.5. The van der Waals surface area contributed by atoms with Gasteiger partial charge in [-0.1, -0.05) is 24.3 Å². The maximum atomic E-state index is 13.6. The molecule has 2 amide bonds. The molecule has 198 valence electrons. The van der Waals surface area contributed by atoms with Gasteiger partial charge in [0, 0.05) is 24.4 Å². The number of aryl methyl sites for hydroxylation is 1. The minimum absolute atomic E-state index is 0.203. The van der Waals surface area contributed by atoms with E-state index in [1.165, 1.54) is 12.1 Å². The van der Waals surface area contributed by atoms with Crippen LogP contribution in [0.25, 0.3) is 27.7 Å². The second-order valence-corrected chi connectivity index (χ2v) is 9.95. The van der Waals surface area contributed by atoms with Crippen molar-refractivity contribution < 1.29 is 23.5 Å². The predicted molar refractivity (Wildman–Crippen MR) is 150 cm³/mol. The lowest BCUT2D eigenvalue weighted by Crippen LogP contribution is -2.18. The van der Waals surface area contributed by atoms with Gasteiger partial charge in [0.25, 0.3) is 11.1 Å². The Bertz CT molecular complexity index is 1680. The molecule has 0 spiro atoms. The minimum atomic E-state index is -0.397. The van der Waals surface area contributed by atoms with Crippen molar-refractivity contribution in [3.63, 3.8) is 0 Å². The molecule has 0 aliphatic carbocycles. The number of carbonyl (C=O) groups excluding carboxylic acids is 2. The maximum absolute atomic E-state index is 13.6. The highest BCUT2D eigenvalue weighted by Gasteiger charge is 2.27. The number of halogens is 1. The number of para-hydroxylation sites is 1. The second kappa shape index (κ2) is 11.2. The summed E-state index contributed by atoms with van der Waals surface area (Å²) in [5.41, 5.74) is 3.23. The smallest absolute Gasteiger partial charge is 0.290 e. The molecule has 1 aliphatic heterocycles. The number of rotatable bonds is 8. The van der Waals surface area contributed by atoms with Crippen molar-refractivity contribution >= 4 is 39.4 Å². The van der Waals surface area contributed by atoms with Gasteiger partial charge in [-0.05, 0) is 78.4 Å². The van der Waals surface area contributed by atoms with Crippen molar-refractivity contribution in [1.29, 1.82) is 0 Å². The Morgan fingerprint density at radius 3 is 2.44 bits per heavy atom. The van der Waals surface area contributed by atoms with E-state index in [4.69, 9.17) is 9.47 Å². The number of ether oxygens (including phenoxy) is 2. The van der Waals surface area contributed by atoms with Crippen LogP contribution in [0.2, 0.25) is 0 Å². The van der Waals surface area contributed by atoms with Crippen LogP contribution in [-0.4, -0.2) is 28.9 Å². The quantitative estimate of drug-likeness (QED) is 0.219. The summed E-state index contributed by atoms with van der Waals surface area (Å²) in [6.45, 7) is 2.34. The van der Waals surface area contributed by atoms with Gasteiger partial charge in [-0.15, -0.1) is 0 Å². The number of thioether (sulfide) groups is 1. The zero-order valence-corrected chi connectivity index (χ0v) is 22.1. The van der Waals surface area contributed by atoms with E-state index < -0.39 is 5.91 Å². The molecule has 0 saturated carbocycles. The van der Waals surface area contributed by atoms with Gasteiger partial charge in [-0.3, -0.25) is 19.7 Å². The molecule has 3 aromatic carbocycles. The van der Waals surface area contributed by atoms with Crippen molar-refractivity contribution in [2.75, 3.05) is 13.2 Å². The fraction of sp³-hybridized carbons (Fsp3) is 0.167. The molecule has 1 aromatic heterocycles. The summed E-state index contributed by atoms with van der Waals surface area (Å²) in [7, 11) is 1.85. The summed E-state index contributed by atoms with van der Waals surface area (Å²) in [5.74, 6) is 0.0499. The Kier molecular flexibility index (Phi) is 7.51. The molecule has 0 atom stereocenters. The molecule has 1 N–H and O–H groups in total. The highest BCUT2D eigenvalue weighted by atomic mass is 32.2. The van der Waals surface area contributed by atoms with E-state index >= 15 is 0 Å². The van der Waals surface area contributed by atoms with Crippen LogP contribution in [-0.2, 0) is 11.8 Å². The number of amides is 2. The molecule has 1 aliphatic rings. The van der Waals surface area contributed by atoms with E-state index in [9.17, 15) is 18.8 Å². The number of imide groups is 1. The van der Waals surface area contributed by atoms with Crippen LogP contribution in [0.4, 0.5) is 9.18 Å². The fourth-order valence-electron chi connectivity index (χ4n) is 4.46. The number of benzene rings is 3. The lowest BCUT2D eigenvalue weighted by molar-refractivity contribution is -0.115. The largest absolute Gasteiger partial charge is 0.493 e. The number of nitrogens with one attached hydrogen (secondary N) is 1. The van der Waals surface area contributed by atoms with Crippen LogP contribution >= 0.6 is 11.8 Å². The summed E-state index contributed by atoms with van der Waals surface area (Å²) in [6, 6.07) is 20.5. The second-order valence-electron chi connectivity index (χ2n) is 8.97. The normalized spacial score (nSPS) is 14.4. The Balaban J connectivity index is 1.30. The molecule has 2 heterocycles. The lowest BCUT2D eigenvalue weighted by Gasteiger charge is -2.18. The molecule has 4 aromatic rings. The Hall–Kier alpha value is -4.37. The Labute approximate surface area is 228 Å². The number of hydrogen-bond acceptors (Lipinski definition) is 6. The van der Waals surface area contributed by atoms with Gasteiger partial charge < -0.3 is 14.0 Å². The average molecular weight is 545 g/mol. The first kappa shape index (κ1) is 26.2. The third-order valence-corrected chi connectivity index (χ3v) is 7.40. The van der Waals surface area contributed by atoms with Gasteiger partial charge >= 0.3 is 0 Å². The predicted octanol–water partition coefficient (Wildman–Crippen LogP) is 5.91. The van der Waals surface area contributed by atoms with E-state index in [0.717, 1.165) is 22.8 Å². The van der Waals surface area contributed by atoms with Crippen molar-refractivity contribution in [1.82, 2.24) is 9.88 Å². The number of aromatic nitrogens is 1. The molecule has 0 radical (unpaired) electrons. The summed E-state index contributed by atoms with van der Waals surface area (Å²) in [6.07, 6.45) is 0.496. The third-order valence-electron chi connectivity index (χ3n) is 6.41. The number of fused-ring (bicyclic) bond motifs is 1. The van der Waals surface area contributed by atoms with Crippen LogP contribution in [0.5, 0.6) is 11.5 Å². The summed E-state index contributed by atoms with van der Waals surface area (Å²) in [5, 5.41) is 2.42. The van der Waals surface area contributed by atoms with Crippen LogP contribution in [0.15, 0.2) is 82.5 Å². The first-order valence-electron chi connectivity index (χ1n) is 12.3. The van der Waals surface area contributed by atoms with Gasteiger partial charge in [0.1, 0.15) is 11.6 Å². The minimum Gasteiger partial charge on any atom is -0.493 e. The molecule has 9 heteroatoms. The number of hydrogen-bond donors (Lipinski definition) is 1. The third kappa shape index (κ3) is 5.44. The van der Waals surface area contributed by atoms with E-state index in [-0.39, 0.29) is 28.8 Å². The van der Waals surface area contributed by atoms with Gasteiger partial charge in [0.05, 0.1) is 29.3 Å². The van der Waals surface area contributed by atoms with Gasteiger partial charge in [-0.2, -0.15) is 0 Å². The lowest BCUT2D eigenvalue weighted by atomic mass is 10.1. The van der Waals surface area contributed by atoms with Crippen LogP contribution in [0.1, 0.15) is 18.9 Å². The Morgan fingerprint density at radius 1 is 0.949 bits per heavy atom. The zero-order valence-electron chi connectivity index (χ0n) is 21.3. The molecule has 39 heavy (non-hydrogen) atoms. The van der Waals surface area contributed by atoms with E-state index in [2.05, 4.69) is 5.32 Å². The van der Waals surface area contributed by atoms with Gasteiger partial charge in [0.15, 0.2) is 5.75 Å². The average Bonchev–Trinajstić information content (AvgIpc) is 3.29. The van der Waals surface area contributed by atoms with Crippen LogP contribution < -0.4 is 20.2 Å². The number of allylic oxidation sites excluding steroid dienone is 1. The standard InChI is InChI=1S/C30H25FN2O5S/c1-18(28-29(35)32-30(36)39-28)20-7-5-8-22(17-20)37-15-6-16-38-27-25(19-11-13-21(31)14-12-19)33(2)24-10-4-3-9-23(24)26(27)34/h3-5,7-14,17H,6,15-16H2,1-2H3,(H,32,35,36)/b28-18+. The van der Waals surface area contributed by atoms with Crippen molar-refractivity contribution in [2.45, 2.75) is 13.3 Å². The van der Waals surface area contributed by atoms with Crippen molar-refractivity contribution in [2.24, 2.45) is 7.05 Å². The molecular formula is C30H25FN2O5S. The summed E-state index contributed by atoms with van der Waals surface area (Å²) in [4.78, 5) is 37.3. The van der Waals surface area contributed by atoms with Crippen LogP contribution in [0, 0.1) is 5.82 Å². The number of carbonyl (C=O) groups is 2. The fourth-order valence-corrected chi connectivity index (χ4v) is 5.21. The van der Waals surface area contributed by atoms with Gasteiger partial charge in [0.2, 0.25) is 5.43 Å². The highest BCUT2D eigenvalue weighted by Crippen LogP contribution is 2.33. The van der Waals surface area contributed by atoms with E-state index in [1.54, 1.807) is 37.3 Å². The van der Waals surface area contributed by atoms with E-state index in [1.807, 2.05) is 41.9 Å². The molecule has 5 rings (SSSR count). The Morgan fingerprint density at radius 2 is 1.69 bits per heavy atom. The molecule has 7 nitrogen and oxygen atoms in total. The molecule has 1 saturated heterocycles. The van der Waals surface area contributed by atoms with Gasteiger partial charge in [-0.25, -0.2) is 4.39 Å². The molecular weight excluding hydrogens is 519 g/mol. The topological polar surface area (TPSA) is 86.6 Å². The first-order chi connectivity index (χ1) is 18.8. The highest BCUT2D eigenvalue weighted by molar-refractivity contribution is 8.18. The number of nitrogens with zero attached hydrogens (tertiary/aromatic N) is 1. The van der Waals surface area contributed by atoms with Crippen molar-refractivity contribution in [3.8, 4) is 22.8 Å². The van der Waals surface area contributed by atoms with E-state index in [0.29, 0.717) is 45.9 Å². The first-order valence-corrected chi connectivity index (χ1v) is 13.1. The molecule has 0 unspecified atom stereocenters. The monoisotopic (exact) mass is 544 g/mol. The van der Waals surface area contributed by atoms with Crippen LogP contribution in [0.3, 0.4) is 0 Å². The molecule has 1 fully saturated rings.